The van der Waals surface area contributed by atoms with Crippen molar-refractivity contribution < 1.29 is 14.3 Å². The van der Waals surface area contributed by atoms with E-state index in [1.165, 1.54) is 7.11 Å². The number of carbonyl (C=O) groups excluding carboxylic acids is 1. The van der Waals surface area contributed by atoms with Crippen molar-refractivity contribution in [3.05, 3.63) is 75.8 Å². The normalized spacial score (nSPS) is 10.6. The minimum Gasteiger partial charge on any atom is -0.488 e. The van der Waals surface area contributed by atoms with Gasteiger partial charge in [0.15, 0.2) is 0 Å². The highest BCUT2D eigenvalue weighted by Crippen LogP contribution is 2.20. The molecule has 0 saturated carbocycles. The van der Waals surface area contributed by atoms with Crippen LogP contribution in [0.2, 0.25) is 0 Å². The van der Waals surface area contributed by atoms with Crippen LogP contribution in [0.1, 0.15) is 30.0 Å². The highest BCUT2D eigenvalue weighted by molar-refractivity contribution is 7.85. The van der Waals surface area contributed by atoms with E-state index in [4.69, 9.17) is 15.7 Å². The first-order valence-electron chi connectivity index (χ1n) is 8.36. The summed E-state index contributed by atoms with van der Waals surface area (Å²) in [4.78, 5) is 10.9. The Kier molecular flexibility index (Phi) is 9.55. The van der Waals surface area contributed by atoms with E-state index in [2.05, 4.69) is 23.4 Å². The summed E-state index contributed by atoms with van der Waals surface area (Å²) >= 11 is 3.86. The molecular formula is C21H24N2O3S. The summed E-state index contributed by atoms with van der Waals surface area (Å²) in [6.07, 6.45) is 0.605. The quantitative estimate of drug-likeness (QED) is 0.460. The number of nitriles is 1. The van der Waals surface area contributed by atoms with Gasteiger partial charge in [-0.2, -0.15) is 5.26 Å². The fourth-order valence-electron chi connectivity index (χ4n) is 1.99. The number of benzene rings is 2. The highest BCUT2D eigenvalue weighted by Gasteiger charge is 2.07. The molecule has 0 radical (unpaired) electrons. The molecule has 0 heterocycles. The van der Waals surface area contributed by atoms with Gasteiger partial charge in [-0.25, -0.2) is 4.79 Å². The SMILES string of the molecule is CC/C(N)=C(/S)C(=O)OC.Cc1ccc(OCc2ccccc2)c(C#N)c1. The maximum absolute atomic E-state index is 10.7. The fourth-order valence-corrected chi connectivity index (χ4v) is 2.24. The number of allylic oxidation sites excluding steroid dienone is 1. The van der Waals surface area contributed by atoms with E-state index in [9.17, 15) is 4.79 Å². The zero-order chi connectivity index (χ0) is 20.2. The van der Waals surface area contributed by atoms with Crippen molar-refractivity contribution in [2.75, 3.05) is 7.11 Å². The molecule has 142 valence electrons. The van der Waals surface area contributed by atoms with E-state index in [1.54, 1.807) is 0 Å². The maximum atomic E-state index is 10.7. The van der Waals surface area contributed by atoms with Crippen molar-refractivity contribution in [2.24, 2.45) is 5.73 Å². The Hall–Kier alpha value is -2.91. The van der Waals surface area contributed by atoms with Crippen molar-refractivity contribution >= 4 is 18.6 Å². The summed E-state index contributed by atoms with van der Waals surface area (Å²) in [6.45, 7) is 4.29. The maximum Gasteiger partial charge on any atom is 0.345 e. The minimum absolute atomic E-state index is 0.199. The molecule has 0 atom stereocenters. The molecule has 6 heteroatoms. The minimum atomic E-state index is -0.484. The van der Waals surface area contributed by atoms with Gasteiger partial charge >= 0.3 is 5.97 Å². The van der Waals surface area contributed by atoms with Crippen LogP contribution in [0.4, 0.5) is 0 Å². The highest BCUT2D eigenvalue weighted by atomic mass is 32.1. The van der Waals surface area contributed by atoms with E-state index in [0.29, 0.717) is 30.0 Å². The number of esters is 1. The van der Waals surface area contributed by atoms with Gasteiger partial charge in [-0.3, -0.25) is 0 Å². The van der Waals surface area contributed by atoms with E-state index >= 15 is 0 Å². The predicted molar refractivity (Wildman–Crippen MR) is 109 cm³/mol. The summed E-state index contributed by atoms with van der Waals surface area (Å²) in [5.41, 5.74) is 8.59. The molecule has 2 aromatic rings. The average Bonchev–Trinajstić information content (AvgIpc) is 2.72. The molecule has 0 aliphatic rings. The number of nitrogens with zero attached hydrogens (tertiary/aromatic N) is 1. The average molecular weight is 385 g/mol. The molecule has 0 aliphatic heterocycles. The first-order chi connectivity index (χ1) is 12.9. The van der Waals surface area contributed by atoms with Gasteiger partial charge in [0.25, 0.3) is 0 Å². The molecule has 0 aromatic heterocycles. The number of thiol groups is 1. The molecule has 5 nitrogen and oxygen atoms in total. The lowest BCUT2D eigenvalue weighted by molar-refractivity contribution is -0.135. The number of rotatable bonds is 5. The molecule has 0 amide bonds. The number of carbonyl (C=O) groups is 1. The zero-order valence-electron chi connectivity index (χ0n) is 15.7. The second kappa shape index (κ2) is 11.7. The summed E-state index contributed by atoms with van der Waals surface area (Å²) in [5.74, 6) is 0.157. The Labute approximate surface area is 165 Å². The number of aryl methyl sites for hydroxylation is 1. The van der Waals surface area contributed by atoms with Crippen LogP contribution in [0.3, 0.4) is 0 Å². The van der Waals surface area contributed by atoms with Crippen LogP contribution in [-0.4, -0.2) is 13.1 Å². The van der Waals surface area contributed by atoms with Crippen LogP contribution < -0.4 is 10.5 Å². The third-order valence-electron chi connectivity index (χ3n) is 3.56. The Morgan fingerprint density at radius 1 is 1.22 bits per heavy atom. The van der Waals surface area contributed by atoms with E-state index in [-0.39, 0.29) is 4.91 Å². The third kappa shape index (κ3) is 7.47. The summed E-state index contributed by atoms with van der Waals surface area (Å²) < 4.78 is 10.0. The molecule has 27 heavy (non-hydrogen) atoms. The van der Waals surface area contributed by atoms with Gasteiger partial charge < -0.3 is 15.2 Å². The van der Waals surface area contributed by atoms with Crippen molar-refractivity contribution in [1.82, 2.24) is 0 Å². The lowest BCUT2D eigenvalue weighted by Gasteiger charge is -2.08. The molecular weight excluding hydrogens is 360 g/mol. The van der Waals surface area contributed by atoms with Gasteiger partial charge in [-0.05, 0) is 36.6 Å². The second-order valence-corrected chi connectivity index (χ2v) is 6.05. The summed E-state index contributed by atoms with van der Waals surface area (Å²) in [7, 11) is 1.29. The Balaban J connectivity index is 0.000000314. The number of methoxy groups -OCH3 is 1. The molecule has 0 spiro atoms. The first kappa shape index (κ1) is 22.1. The van der Waals surface area contributed by atoms with Gasteiger partial charge in [-0.1, -0.05) is 43.3 Å². The number of hydrogen-bond acceptors (Lipinski definition) is 6. The molecule has 2 N–H and O–H groups in total. The molecule has 2 aromatic carbocycles. The van der Waals surface area contributed by atoms with Crippen LogP contribution in [0.25, 0.3) is 0 Å². The van der Waals surface area contributed by atoms with Crippen molar-refractivity contribution in [3.8, 4) is 11.8 Å². The second-order valence-electron chi connectivity index (χ2n) is 5.60. The molecule has 0 unspecified atom stereocenters. The lowest BCUT2D eigenvalue weighted by atomic mass is 10.1. The summed E-state index contributed by atoms with van der Waals surface area (Å²) in [6, 6.07) is 17.7. The number of nitrogens with two attached hydrogens (primary N) is 1. The summed E-state index contributed by atoms with van der Waals surface area (Å²) in [5, 5.41) is 9.01. The van der Waals surface area contributed by atoms with E-state index < -0.39 is 5.97 Å². The molecule has 0 fully saturated rings. The van der Waals surface area contributed by atoms with Crippen LogP contribution in [-0.2, 0) is 16.1 Å². The lowest BCUT2D eigenvalue weighted by Crippen LogP contribution is -2.07. The molecule has 2 rings (SSSR count). The third-order valence-corrected chi connectivity index (χ3v) is 4.03. The zero-order valence-corrected chi connectivity index (χ0v) is 16.6. The predicted octanol–water partition coefficient (Wildman–Crippen LogP) is 4.12. The van der Waals surface area contributed by atoms with Gasteiger partial charge in [0.05, 0.1) is 12.7 Å². The van der Waals surface area contributed by atoms with Gasteiger partial charge in [0, 0.05) is 5.70 Å². The smallest absolute Gasteiger partial charge is 0.345 e. The van der Waals surface area contributed by atoms with Gasteiger partial charge in [0.1, 0.15) is 23.3 Å². The van der Waals surface area contributed by atoms with Crippen LogP contribution in [0, 0.1) is 18.3 Å². The Bertz CT molecular complexity index is 827. The number of hydrogen-bond donors (Lipinski definition) is 2. The van der Waals surface area contributed by atoms with Crippen molar-refractivity contribution in [2.45, 2.75) is 26.9 Å². The van der Waals surface area contributed by atoms with Crippen LogP contribution in [0.15, 0.2) is 59.1 Å². The molecule has 0 aliphatic carbocycles. The van der Waals surface area contributed by atoms with E-state index in [1.807, 2.05) is 62.4 Å². The standard InChI is InChI=1S/C15H13NO.C6H11NO2S/c1-12-7-8-15(14(9-12)10-16)17-11-13-5-3-2-4-6-13;1-3-4(7)5(10)6(8)9-2/h2-9H,11H2,1H3;10H,3,7H2,1-2H3/b;5-4-. The van der Waals surface area contributed by atoms with Gasteiger partial charge in [0.2, 0.25) is 0 Å². The fraction of sp³-hybridized carbons (Fsp3) is 0.238. The monoisotopic (exact) mass is 384 g/mol. The van der Waals surface area contributed by atoms with Crippen molar-refractivity contribution in [1.29, 1.82) is 5.26 Å². The Morgan fingerprint density at radius 3 is 2.44 bits per heavy atom. The van der Waals surface area contributed by atoms with Crippen LogP contribution in [0.5, 0.6) is 5.75 Å². The van der Waals surface area contributed by atoms with Crippen molar-refractivity contribution in [3.63, 3.8) is 0 Å². The molecule has 0 bridgehead atoms. The largest absolute Gasteiger partial charge is 0.488 e. The topological polar surface area (TPSA) is 85.3 Å². The first-order valence-corrected chi connectivity index (χ1v) is 8.81. The number of ether oxygens (including phenoxy) is 2. The van der Waals surface area contributed by atoms with Gasteiger partial charge in [-0.15, -0.1) is 12.6 Å². The Morgan fingerprint density at radius 2 is 1.89 bits per heavy atom. The van der Waals surface area contributed by atoms with Crippen LogP contribution >= 0.6 is 12.6 Å². The van der Waals surface area contributed by atoms with E-state index in [0.717, 1.165) is 11.1 Å². The molecule has 0 saturated heterocycles.